The lowest BCUT2D eigenvalue weighted by atomic mass is 10.1. The van der Waals surface area contributed by atoms with Crippen LogP contribution in [0.1, 0.15) is 43.0 Å². The quantitative estimate of drug-likeness (QED) is 0.440. The number of carbonyl (C=O) groups is 3. The molecule has 2 atom stereocenters. The molecule has 3 rings (SSSR count). The molecule has 0 bridgehead atoms. The molecule has 2 aliphatic rings. The molecular formula is C22H29N3O6S. The summed E-state index contributed by atoms with van der Waals surface area (Å²) in [6.07, 6.45) is 2.43. The minimum Gasteiger partial charge on any atom is -0.494 e. The van der Waals surface area contributed by atoms with Crippen molar-refractivity contribution in [1.82, 2.24) is 15.5 Å². The Hall–Kier alpha value is -2.72. The van der Waals surface area contributed by atoms with E-state index in [9.17, 15) is 14.4 Å². The first-order valence-corrected chi connectivity index (χ1v) is 11.3. The van der Waals surface area contributed by atoms with Crippen LogP contribution in [-0.2, 0) is 19.1 Å². The molecule has 2 fully saturated rings. The second-order valence-electron chi connectivity index (χ2n) is 7.65. The Morgan fingerprint density at radius 2 is 2.09 bits per heavy atom. The second kappa shape index (κ2) is 11.8. The SMILES string of the molecule is CCCOc1ccc(C(=O)NC(=S)N2CCNC(=O)C2CC(=O)OCC2CCCO2)cc1. The van der Waals surface area contributed by atoms with Gasteiger partial charge in [0.15, 0.2) is 5.11 Å². The molecule has 2 amide bonds. The van der Waals surface area contributed by atoms with E-state index in [1.165, 1.54) is 0 Å². The lowest BCUT2D eigenvalue weighted by Gasteiger charge is -2.36. The summed E-state index contributed by atoms with van der Waals surface area (Å²) in [5.74, 6) is -0.563. The summed E-state index contributed by atoms with van der Waals surface area (Å²) in [6.45, 7) is 4.19. The summed E-state index contributed by atoms with van der Waals surface area (Å²) in [5.41, 5.74) is 0.408. The minimum absolute atomic E-state index is 0.0886. The molecule has 10 heteroatoms. The van der Waals surface area contributed by atoms with Gasteiger partial charge in [-0.2, -0.15) is 0 Å². The Bertz CT molecular complexity index is 825. The van der Waals surface area contributed by atoms with E-state index in [0.717, 1.165) is 19.3 Å². The first kappa shape index (κ1) is 23.9. The molecule has 0 aromatic heterocycles. The number of hydrogen-bond acceptors (Lipinski definition) is 7. The van der Waals surface area contributed by atoms with Crippen LogP contribution in [0.4, 0.5) is 0 Å². The topological polar surface area (TPSA) is 106 Å². The van der Waals surface area contributed by atoms with Gasteiger partial charge in [-0.05, 0) is 55.7 Å². The third-order valence-corrected chi connectivity index (χ3v) is 5.55. The van der Waals surface area contributed by atoms with Crippen LogP contribution in [0.2, 0.25) is 0 Å². The monoisotopic (exact) mass is 463 g/mol. The van der Waals surface area contributed by atoms with Gasteiger partial charge in [0, 0.05) is 25.3 Å². The van der Waals surface area contributed by atoms with Crippen LogP contribution < -0.4 is 15.4 Å². The maximum absolute atomic E-state index is 12.6. The molecule has 0 radical (unpaired) electrons. The van der Waals surface area contributed by atoms with Crippen molar-refractivity contribution >= 4 is 35.1 Å². The van der Waals surface area contributed by atoms with Gasteiger partial charge in [0.1, 0.15) is 18.4 Å². The number of piperazine rings is 1. The largest absolute Gasteiger partial charge is 0.494 e. The Morgan fingerprint density at radius 1 is 1.31 bits per heavy atom. The van der Waals surface area contributed by atoms with Crippen molar-refractivity contribution in [2.45, 2.75) is 44.8 Å². The lowest BCUT2D eigenvalue weighted by molar-refractivity contribution is -0.150. The van der Waals surface area contributed by atoms with Crippen molar-refractivity contribution in [2.24, 2.45) is 0 Å². The number of hydrogen-bond donors (Lipinski definition) is 2. The first-order chi connectivity index (χ1) is 15.5. The number of thiocarbonyl (C=S) groups is 1. The van der Waals surface area contributed by atoms with Crippen molar-refractivity contribution < 1.29 is 28.6 Å². The van der Waals surface area contributed by atoms with Gasteiger partial charge in [0.05, 0.1) is 19.1 Å². The summed E-state index contributed by atoms with van der Waals surface area (Å²) in [4.78, 5) is 38.9. The van der Waals surface area contributed by atoms with Crippen LogP contribution in [0.3, 0.4) is 0 Å². The van der Waals surface area contributed by atoms with Crippen LogP contribution in [0.5, 0.6) is 5.75 Å². The number of nitrogens with one attached hydrogen (secondary N) is 2. The standard InChI is InChI=1S/C22H29N3O6S/c1-2-11-29-16-7-5-15(6-8-16)20(27)24-22(32)25-10-9-23-21(28)18(25)13-19(26)31-14-17-4-3-12-30-17/h5-8,17-18H,2-4,9-14H2,1H3,(H,23,28)(H,24,27,32). The number of benzene rings is 1. The van der Waals surface area contributed by atoms with E-state index in [2.05, 4.69) is 10.6 Å². The zero-order valence-electron chi connectivity index (χ0n) is 18.1. The molecule has 0 spiro atoms. The molecule has 1 aromatic carbocycles. The van der Waals surface area contributed by atoms with E-state index in [4.69, 9.17) is 26.4 Å². The summed E-state index contributed by atoms with van der Waals surface area (Å²) < 4.78 is 16.2. The van der Waals surface area contributed by atoms with Gasteiger partial charge in [0.25, 0.3) is 5.91 Å². The Kier molecular flexibility index (Phi) is 8.81. The third-order valence-electron chi connectivity index (χ3n) is 5.22. The Morgan fingerprint density at radius 3 is 2.78 bits per heavy atom. The Labute approximate surface area is 192 Å². The molecule has 2 N–H and O–H groups in total. The molecule has 2 saturated heterocycles. The average molecular weight is 464 g/mol. The highest BCUT2D eigenvalue weighted by Crippen LogP contribution is 2.15. The van der Waals surface area contributed by atoms with Crippen molar-refractivity contribution in [3.8, 4) is 5.75 Å². The maximum Gasteiger partial charge on any atom is 0.308 e. The number of esters is 1. The summed E-state index contributed by atoms with van der Waals surface area (Å²) >= 11 is 5.39. The fourth-order valence-electron chi connectivity index (χ4n) is 3.50. The van der Waals surface area contributed by atoms with Crippen LogP contribution in [0, 0.1) is 0 Å². The van der Waals surface area contributed by atoms with Crippen LogP contribution in [0.25, 0.3) is 0 Å². The van der Waals surface area contributed by atoms with E-state index >= 15 is 0 Å². The van der Waals surface area contributed by atoms with Crippen LogP contribution in [0.15, 0.2) is 24.3 Å². The van der Waals surface area contributed by atoms with E-state index < -0.39 is 17.9 Å². The summed E-state index contributed by atoms with van der Waals surface area (Å²) in [7, 11) is 0. The molecular weight excluding hydrogens is 434 g/mol. The molecule has 2 aliphatic heterocycles. The highest BCUT2D eigenvalue weighted by Gasteiger charge is 2.34. The first-order valence-electron chi connectivity index (χ1n) is 10.9. The summed E-state index contributed by atoms with van der Waals surface area (Å²) in [6, 6.07) is 5.87. The number of ether oxygens (including phenoxy) is 3. The van der Waals surface area contributed by atoms with Crippen molar-refractivity contribution in [1.29, 1.82) is 0 Å². The van der Waals surface area contributed by atoms with Gasteiger partial charge in [-0.15, -0.1) is 0 Å². The van der Waals surface area contributed by atoms with Crippen LogP contribution in [-0.4, -0.2) is 72.9 Å². The molecule has 9 nitrogen and oxygen atoms in total. The van der Waals surface area contributed by atoms with Crippen molar-refractivity contribution in [3.63, 3.8) is 0 Å². The molecule has 2 heterocycles. The van der Waals surface area contributed by atoms with E-state index in [0.29, 0.717) is 37.6 Å². The number of nitrogens with zero attached hydrogens (tertiary/aromatic N) is 1. The summed E-state index contributed by atoms with van der Waals surface area (Å²) in [5, 5.41) is 5.47. The smallest absolute Gasteiger partial charge is 0.308 e. The van der Waals surface area contributed by atoms with Crippen LogP contribution >= 0.6 is 12.2 Å². The molecule has 1 aromatic rings. The van der Waals surface area contributed by atoms with Gasteiger partial charge >= 0.3 is 5.97 Å². The number of carbonyl (C=O) groups excluding carboxylic acids is 3. The zero-order valence-corrected chi connectivity index (χ0v) is 18.9. The van der Waals surface area contributed by atoms with Gasteiger partial charge in [-0.25, -0.2) is 0 Å². The number of rotatable bonds is 8. The van der Waals surface area contributed by atoms with Crippen molar-refractivity contribution in [3.05, 3.63) is 29.8 Å². The van der Waals surface area contributed by atoms with Gasteiger partial charge < -0.3 is 24.4 Å². The Balaban J connectivity index is 1.55. The second-order valence-corrected chi connectivity index (χ2v) is 8.04. The van der Waals surface area contributed by atoms with E-state index in [-0.39, 0.29) is 30.2 Å². The highest BCUT2D eigenvalue weighted by molar-refractivity contribution is 7.80. The zero-order chi connectivity index (χ0) is 22.9. The molecule has 0 aliphatic carbocycles. The fraction of sp³-hybridized carbons (Fsp3) is 0.545. The average Bonchev–Trinajstić information content (AvgIpc) is 3.31. The van der Waals surface area contributed by atoms with E-state index in [1.807, 2.05) is 6.92 Å². The van der Waals surface area contributed by atoms with Gasteiger partial charge in [-0.1, -0.05) is 6.92 Å². The predicted molar refractivity (Wildman–Crippen MR) is 120 cm³/mol. The predicted octanol–water partition coefficient (Wildman–Crippen LogP) is 1.40. The maximum atomic E-state index is 12.6. The molecule has 32 heavy (non-hydrogen) atoms. The van der Waals surface area contributed by atoms with E-state index in [1.54, 1.807) is 29.2 Å². The molecule has 0 saturated carbocycles. The molecule has 2 unspecified atom stereocenters. The minimum atomic E-state index is -0.849. The normalized spacial score (nSPS) is 20.4. The highest BCUT2D eigenvalue weighted by atomic mass is 32.1. The van der Waals surface area contributed by atoms with Crippen molar-refractivity contribution in [2.75, 3.05) is 32.9 Å². The number of amides is 2. The molecule has 174 valence electrons. The lowest BCUT2D eigenvalue weighted by Crippen LogP contribution is -2.60. The third kappa shape index (κ3) is 6.64. The fourth-order valence-corrected chi connectivity index (χ4v) is 3.81. The van der Waals surface area contributed by atoms with Gasteiger partial charge in [0.2, 0.25) is 5.91 Å². The van der Waals surface area contributed by atoms with Gasteiger partial charge in [-0.3, -0.25) is 19.7 Å².